The summed E-state index contributed by atoms with van der Waals surface area (Å²) in [5.74, 6) is 1.48. The van der Waals surface area contributed by atoms with Crippen LogP contribution in [-0.2, 0) is 9.53 Å². The van der Waals surface area contributed by atoms with Gasteiger partial charge in [-0.3, -0.25) is 4.79 Å². The summed E-state index contributed by atoms with van der Waals surface area (Å²) in [6.07, 6.45) is -0.525. The van der Waals surface area contributed by atoms with E-state index >= 15 is 0 Å². The molecule has 0 saturated heterocycles. The first kappa shape index (κ1) is 23.3. The smallest absolute Gasteiger partial charge is 0.229 e. The van der Waals surface area contributed by atoms with Crippen LogP contribution in [0, 0.1) is 0 Å². The lowest BCUT2D eigenvalue weighted by molar-refractivity contribution is -0.122. The predicted octanol–water partition coefficient (Wildman–Crippen LogP) is 5.56. The number of carbonyl (C=O) groups excluding carboxylic acids is 1. The molecule has 1 unspecified atom stereocenters. The van der Waals surface area contributed by atoms with Crippen LogP contribution in [0.2, 0.25) is 5.02 Å². The number of methoxy groups -OCH3 is 2. The molecule has 1 amide bonds. The molecule has 4 rings (SSSR count). The number of fused-ring (bicyclic) bond motifs is 1. The summed E-state index contributed by atoms with van der Waals surface area (Å²) >= 11 is 6.02. The number of para-hydroxylation sites is 1. The minimum absolute atomic E-state index is 0.173. The molecule has 34 heavy (non-hydrogen) atoms. The molecule has 4 aromatic rings. The first-order chi connectivity index (χ1) is 16.5. The number of anilines is 4. The predicted molar refractivity (Wildman–Crippen MR) is 134 cm³/mol. The van der Waals surface area contributed by atoms with Crippen LogP contribution < -0.4 is 20.7 Å². The number of hydrogen-bond donors (Lipinski definition) is 3. The number of rotatable bonds is 8. The molecule has 174 valence electrons. The van der Waals surface area contributed by atoms with E-state index < -0.39 is 6.23 Å². The molecule has 1 heterocycles. The highest BCUT2D eigenvalue weighted by molar-refractivity contribution is 6.30. The van der Waals surface area contributed by atoms with Crippen LogP contribution in [0.5, 0.6) is 5.75 Å². The van der Waals surface area contributed by atoms with Crippen LogP contribution in [0.1, 0.15) is 18.7 Å². The fraction of sp³-hybridized carbons (Fsp3) is 0.160. The molecule has 8 nitrogen and oxygen atoms in total. The van der Waals surface area contributed by atoms with Crippen LogP contribution in [-0.4, -0.2) is 30.1 Å². The molecule has 1 aromatic heterocycles. The third kappa shape index (κ3) is 5.36. The quantitative estimate of drug-likeness (QED) is 0.286. The fourth-order valence-corrected chi connectivity index (χ4v) is 3.57. The maximum absolute atomic E-state index is 11.4. The topological polar surface area (TPSA) is 97.4 Å². The van der Waals surface area contributed by atoms with E-state index in [1.165, 1.54) is 14.0 Å². The van der Waals surface area contributed by atoms with Gasteiger partial charge < -0.3 is 25.4 Å². The Morgan fingerprint density at radius 1 is 0.912 bits per heavy atom. The van der Waals surface area contributed by atoms with E-state index in [1.807, 2.05) is 66.7 Å². The van der Waals surface area contributed by atoms with Gasteiger partial charge in [-0.05, 0) is 48.5 Å². The van der Waals surface area contributed by atoms with Crippen LogP contribution in [0.25, 0.3) is 10.9 Å². The van der Waals surface area contributed by atoms with Crippen LogP contribution in [0.3, 0.4) is 0 Å². The lowest BCUT2D eigenvalue weighted by Crippen LogP contribution is -2.27. The minimum Gasteiger partial charge on any atom is -0.494 e. The van der Waals surface area contributed by atoms with Gasteiger partial charge in [0, 0.05) is 41.4 Å². The number of benzene rings is 3. The monoisotopic (exact) mass is 477 g/mol. The molecule has 0 aliphatic rings. The Balaban J connectivity index is 1.67. The maximum atomic E-state index is 11.4. The molecular formula is C25H24ClN5O3. The highest BCUT2D eigenvalue weighted by atomic mass is 35.5. The minimum atomic E-state index is -0.525. The summed E-state index contributed by atoms with van der Waals surface area (Å²) in [5, 5.41) is 10.8. The van der Waals surface area contributed by atoms with Crippen molar-refractivity contribution in [2.45, 2.75) is 13.2 Å². The van der Waals surface area contributed by atoms with E-state index in [4.69, 9.17) is 26.1 Å². The van der Waals surface area contributed by atoms with Gasteiger partial charge in [-0.25, -0.2) is 4.98 Å². The molecule has 9 heteroatoms. The molecule has 0 spiro atoms. The molecule has 0 radical (unpaired) electrons. The van der Waals surface area contributed by atoms with E-state index in [0.717, 1.165) is 22.3 Å². The largest absolute Gasteiger partial charge is 0.494 e. The molecule has 0 bridgehead atoms. The number of aromatic nitrogens is 2. The highest BCUT2D eigenvalue weighted by Gasteiger charge is 2.14. The van der Waals surface area contributed by atoms with Crippen molar-refractivity contribution in [3.63, 3.8) is 0 Å². The lowest BCUT2D eigenvalue weighted by Gasteiger charge is -2.17. The Hall–Kier alpha value is -3.88. The summed E-state index contributed by atoms with van der Waals surface area (Å²) < 4.78 is 10.9. The van der Waals surface area contributed by atoms with Gasteiger partial charge in [0.15, 0.2) is 6.23 Å². The zero-order valence-electron chi connectivity index (χ0n) is 18.9. The SMILES string of the molecule is COc1cccc2c(Nc3ccc(Cl)cc3)nc(Nc3ccc(C(NC(C)=O)OC)cc3)nc12. The van der Waals surface area contributed by atoms with Crippen molar-refractivity contribution < 1.29 is 14.3 Å². The van der Waals surface area contributed by atoms with Gasteiger partial charge in [-0.15, -0.1) is 0 Å². The third-order valence-electron chi connectivity index (χ3n) is 5.06. The Morgan fingerprint density at radius 3 is 2.24 bits per heavy atom. The van der Waals surface area contributed by atoms with Gasteiger partial charge in [-0.2, -0.15) is 4.98 Å². The van der Waals surface area contributed by atoms with Crippen molar-refractivity contribution in [3.05, 3.63) is 77.3 Å². The van der Waals surface area contributed by atoms with Gasteiger partial charge in [0.1, 0.15) is 17.1 Å². The Bertz CT molecular complexity index is 1300. The van der Waals surface area contributed by atoms with E-state index in [2.05, 4.69) is 20.9 Å². The highest BCUT2D eigenvalue weighted by Crippen LogP contribution is 2.32. The van der Waals surface area contributed by atoms with Crippen LogP contribution >= 0.6 is 11.6 Å². The summed E-state index contributed by atoms with van der Waals surface area (Å²) in [4.78, 5) is 20.8. The molecule has 0 aliphatic carbocycles. The second-order valence-corrected chi connectivity index (χ2v) is 7.88. The number of carbonyl (C=O) groups is 1. The second kappa shape index (κ2) is 10.4. The van der Waals surface area contributed by atoms with Gasteiger partial charge in [0.2, 0.25) is 11.9 Å². The van der Waals surface area contributed by atoms with Gasteiger partial charge >= 0.3 is 0 Å². The molecule has 1 atom stereocenters. The van der Waals surface area contributed by atoms with E-state index in [1.54, 1.807) is 7.11 Å². The number of nitrogens with zero attached hydrogens (tertiary/aromatic N) is 2. The first-order valence-corrected chi connectivity index (χ1v) is 10.9. The zero-order chi connectivity index (χ0) is 24.1. The second-order valence-electron chi connectivity index (χ2n) is 7.45. The average Bonchev–Trinajstić information content (AvgIpc) is 2.84. The normalized spacial score (nSPS) is 11.6. The first-order valence-electron chi connectivity index (χ1n) is 10.5. The van der Waals surface area contributed by atoms with E-state index in [-0.39, 0.29) is 5.91 Å². The average molecular weight is 478 g/mol. The summed E-state index contributed by atoms with van der Waals surface area (Å²) in [7, 11) is 3.15. The number of ether oxygens (including phenoxy) is 2. The van der Waals surface area contributed by atoms with Gasteiger partial charge in [0.05, 0.1) is 7.11 Å². The zero-order valence-corrected chi connectivity index (χ0v) is 19.7. The Morgan fingerprint density at radius 2 is 1.59 bits per heavy atom. The Kier molecular flexibility index (Phi) is 7.10. The molecule has 0 aliphatic heterocycles. The molecule has 3 aromatic carbocycles. The van der Waals surface area contributed by atoms with Crippen molar-refractivity contribution >= 4 is 51.6 Å². The Labute approximate surface area is 202 Å². The van der Waals surface area contributed by atoms with E-state index in [9.17, 15) is 4.79 Å². The van der Waals surface area contributed by atoms with Crippen molar-refractivity contribution in [2.24, 2.45) is 0 Å². The van der Waals surface area contributed by atoms with Crippen molar-refractivity contribution in [1.29, 1.82) is 0 Å². The lowest BCUT2D eigenvalue weighted by atomic mass is 10.1. The molecule has 3 N–H and O–H groups in total. The summed E-state index contributed by atoms with van der Waals surface area (Å²) in [5.41, 5.74) is 3.09. The third-order valence-corrected chi connectivity index (χ3v) is 5.31. The number of halogens is 1. The number of nitrogens with one attached hydrogen (secondary N) is 3. The summed E-state index contributed by atoms with van der Waals surface area (Å²) in [6.45, 7) is 1.45. The maximum Gasteiger partial charge on any atom is 0.229 e. The van der Waals surface area contributed by atoms with Crippen molar-refractivity contribution in [1.82, 2.24) is 15.3 Å². The number of amides is 1. The van der Waals surface area contributed by atoms with Crippen LogP contribution in [0.4, 0.5) is 23.1 Å². The molecule has 0 saturated carbocycles. The standard InChI is InChI=1S/C25H24ClN5O3/c1-15(32)27-24(34-3)16-7-11-19(12-8-16)29-25-30-22-20(5-4-6-21(22)33-2)23(31-25)28-18-13-9-17(26)10-14-18/h4-14,24H,1-3H3,(H,27,32)(H2,28,29,30,31). The van der Waals surface area contributed by atoms with Gasteiger partial charge in [-0.1, -0.05) is 29.8 Å². The van der Waals surface area contributed by atoms with Crippen LogP contribution in [0.15, 0.2) is 66.7 Å². The fourth-order valence-electron chi connectivity index (χ4n) is 3.44. The van der Waals surface area contributed by atoms with Gasteiger partial charge in [0.25, 0.3) is 0 Å². The van der Waals surface area contributed by atoms with E-state index in [0.29, 0.717) is 28.1 Å². The van der Waals surface area contributed by atoms with Crippen molar-refractivity contribution in [2.75, 3.05) is 24.9 Å². The number of hydrogen-bond acceptors (Lipinski definition) is 7. The van der Waals surface area contributed by atoms with Crippen molar-refractivity contribution in [3.8, 4) is 5.75 Å². The molecule has 0 fully saturated rings. The summed E-state index contributed by atoms with van der Waals surface area (Å²) in [6, 6.07) is 20.5. The molecular weight excluding hydrogens is 454 g/mol.